The maximum atomic E-state index is 4.21. The fraction of sp³-hybridized carbons (Fsp3) is 0.0455. The fourth-order valence-electron chi connectivity index (χ4n) is 3.77. The summed E-state index contributed by atoms with van der Waals surface area (Å²) in [6.45, 7) is 0. The van der Waals surface area contributed by atoms with Crippen LogP contribution in [0.15, 0.2) is 78.9 Å². The molecule has 5 rings (SSSR count). The minimum absolute atomic E-state index is 0.142. The van der Waals surface area contributed by atoms with Gasteiger partial charge in [0, 0.05) is 11.5 Å². The number of nitrogens with zero attached hydrogens (tertiary/aromatic N) is 3. The van der Waals surface area contributed by atoms with Gasteiger partial charge >= 0.3 is 0 Å². The van der Waals surface area contributed by atoms with Crippen molar-refractivity contribution in [2.45, 2.75) is 5.92 Å². The summed E-state index contributed by atoms with van der Waals surface area (Å²) in [7, 11) is 0. The summed E-state index contributed by atoms with van der Waals surface area (Å²) in [5.74, 6) is 0.765. The van der Waals surface area contributed by atoms with Gasteiger partial charge in [-0.15, -0.1) is 10.2 Å². The Morgan fingerprint density at radius 1 is 0.731 bits per heavy atom. The predicted molar refractivity (Wildman–Crippen MR) is 102 cm³/mol. The Bertz CT molecular complexity index is 1080. The molecule has 0 spiro atoms. The van der Waals surface area contributed by atoms with Gasteiger partial charge in [0.05, 0.1) is 0 Å². The second-order valence-corrected chi connectivity index (χ2v) is 6.35. The molecule has 0 aliphatic heterocycles. The zero-order chi connectivity index (χ0) is 17.3. The lowest BCUT2D eigenvalue weighted by Crippen LogP contribution is -2.04. The lowest BCUT2D eigenvalue weighted by molar-refractivity contribution is 0.881. The molecule has 0 fully saturated rings. The summed E-state index contributed by atoms with van der Waals surface area (Å²) < 4.78 is 0. The highest BCUT2D eigenvalue weighted by Gasteiger charge is 2.29. The zero-order valence-corrected chi connectivity index (χ0v) is 14.0. The van der Waals surface area contributed by atoms with Crippen LogP contribution in [-0.2, 0) is 0 Å². The Morgan fingerprint density at radius 2 is 1.46 bits per heavy atom. The zero-order valence-electron chi connectivity index (χ0n) is 14.0. The molecule has 4 aromatic rings. The maximum absolute atomic E-state index is 4.21. The molecule has 124 valence electrons. The molecule has 4 nitrogen and oxygen atoms in total. The van der Waals surface area contributed by atoms with Gasteiger partial charge in [0.25, 0.3) is 0 Å². The van der Waals surface area contributed by atoms with Gasteiger partial charge in [0.15, 0.2) is 0 Å². The number of rotatable bonds is 3. The molecule has 1 aliphatic rings. The van der Waals surface area contributed by atoms with E-state index >= 15 is 0 Å². The van der Waals surface area contributed by atoms with Gasteiger partial charge in [-0.2, -0.15) is 5.21 Å². The van der Waals surface area contributed by atoms with Crippen LogP contribution < -0.4 is 0 Å². The second kappa shape index (κ2) is 6.08. The van der Waals surface area contributed by atoms with Crippen LogP contribution in [0.5, 0.6) is 0 Å². The van der Waals surface area contributed by atoms with Crippen molar-refractivity contribution in [2.24, 2.45) is 0 Å². The van der Waals surface area contributed by atoms with Crippen LogP contribution in [0.2, 0.25) is 0 Å². The molecule has 1 aromatic heterocycles. The molecular weight excluding hydrogens is 320 g/mol. The number of tetrazole rings is 1. The van der Waals surface area contributed by atoms with Crippen LogP contribution in [0.4, 0.5) is 0 Å². The molecule has 1 aliphatic carbocycles. The summed E-state index contributed by atoms with van der Waals surface area (Å²) >= 11 is 0. The van der Waals surface area contributed by atoms with E-state index in [4.69, 9.17) is 0 Å². The Kier molecular flexibility index (Phi) is 3.46. The van der Waals surface area contributed by atoms with Crippen molar-refractivity contribution >= 4 is 11.6 Å². The summed E-state index contributed by atoms with van der Waals surface area (Å²) in [4.78, 5) is 0. The number of aromatic amines is 1. The van der Waals surface area contributed by atoms with Gasteiger partial charge in [-0.1, -0.05) is 78.9 Å². The van der Waals surface area contributed by atoms with Crippen LogP contribution in [0.25, 0.3) is 23.0 Å². The van der Waals surface area contributed by atoms with Crippen LogP contribution in [0.1, 0.15) is 28.2 Å². The first-order valence-corrected chi connectivity index (χ1v) is 8.60. The quantitative estimate of drug-likeness (QED) is 0.597. The highest BCUT2D eigenvalue weighted by molar-refractivity contribution is 5.94. The van der Waals surface area contributed by atoms with Gasteiger partial charge in [-0.3, -0.25) is 0 Å². The SMILES string of the molecule is C1=C(c2ccccc2)C(c2ccccc2-c2nn[nH]n2)c2ccccc21. The van der Waals surface area contributed by atoms with Crippen molar-refractivity contribution in [3.8, 4) is 11.4 Å². The summed E-state index contributed by atoms with van der Waals surface area (Å²) in [6, 6.07) is 27.4. The van der Waals surface area contributed by atoms with E-state index in [2.05, 4.69) is 99.5 Å². The molecular formula is C22H16N4. The van der Waals surface area contributed by atoms with E-state index in [0.717, 1.165) is 5.56 Å². The van der Waals surface area contributed by atoms with Crippen molar-refractivity contribution in [3.63, 3.8) is 0 Å². The summed E-state index contributed by atoms with van der Waals surface area (Å²) in [5.41, 5.74) is 7.29. The Hall–Kier alpha value is -3.53. The molecule has 3 aromatic carbocycles. The summed E-state index contributed by atoms with van der Waals surface area (Å²) in [6.07, 6.45) is 2.29. The largest absolute Gasteiger partial charge is 0.204 e. The molecule has 1 atom stereocenters. The van der Waals surface area contributed by atoms with Gasteiger partial charge in [0.2, 0.25) is 5.82 Å². The normalized spacial score (nSPS) is 15.5. The predicted octanol–water partition coefficient (Wildman–Crippen LogP) is 4.55. The average molecular weight is 336 g/mol. The number of aromatic nitrogens is 4. The highest BCUT2D eigenvalue weighted by atomic mass is 15.5. The van der Waals surface area contributed by atoms with E-state index in [1.54, 1.807) is 0 Å². The number of hydrogen-bond acceptors (Lipinski definition) is 3. The third-order valence-corrected chi connectivity index (χ3v) is 4.89. The van der Waals surface area contributed by atoms with E-state index in [1.807, 2.05) is 6.07 Å². The number of nitrogens with one attached hydrogen (secondary N) is 1. The third kappa shape index (κ3) is 2.35. The van der Waals surface area contributed by atoms with E-state index in [0.29, 0.717) is 5.82 Å². The van der Waals surface area contributed by atoms with E-state index < -0.39 is 0 Å². The Labute approximate surface area is 151 Å². The van der Waals surface area contributed by atoms with Gasteiger partial charge in [-0.25, -0.2) is 0 Å². The number of allylic oxidation sites excluding steroid dienone is 1. The smallest absolute Gasteiger partial charge is 0.177 e. The monoisotopic (exact) mass is 336 g/mol. The lowest BCUT2D eigenvalue weighted by Gasteiger charge is -2.20. The molecule has 1 heterocycles. The van der Waals surface area contributed by atoms with Crippen molar-refractivity contribution in [1.82, 2.24) is 20.6 Å². The maximum Gasteiger partial charge on any atom is 0.204 e. The highest BCUT2D eigenvalue weighted by Crippen LogP contribution is 2.47. The van der Waals surface area contributed by atoms with Gasteiger partial charge in [0.1, 0.15) is 0 Å². The van der Waals surface area contributed by atoms with E-state index in [-0.39, 0.29) is 5.92 Å². The van der Waals surface area contributed by atoms with Crippen LogP contribution in [-0.4, -0.2) is 20.6 Å². The Morgan fingerprint density at radius 3 is 2.27 bits per heavy atom. The number of fused-ring (bicyclic) bond motifs is 1. The number of H-pyrrole nitrogens is 1. The molecule has 0 radical (unpaired) electrons. The number of benzene rings is 3. The first kappa shape index (κ1) is 14.8. The molecule has 0 saturated heterocycles. The summed E-state index contributed by atoms with van der Waals surface area (Å²) in [5, 5.41) is 14.7. The first-order valence-electron chi connectivity index (χ1n) is 8.60. The molecule has 0 saturated carbocycles. The van der Waals surface area contributed by atoms with E-state index in [1.165, 1.54) is 27.8 Å². The number of hydrogen-bond donors (Lipinski definition) is 1. The molecule has 1 unspecified atom stereocenters. The van der Waals surface area contributed by atoms with Crippen LogP contribution >= 0.6 is 0 Å². The lowest BCUT2D eigenvalue weighted by atomic mass is 9.83. The molecule has 0 amide bonds. The second-order valence-electron chi connectivity index (χ2n) is 6.35. The van der Waals surface area contributed by atoms with Gasteiger partial charge in [-0.05, 0) is 39.1 Å². The topological polar surface area (TPSA) is 54.5 Å². The van der Waals surface area contributed by atoms with Crippen molar-refractivity contribution in [1.29, 1.82) is 0 Å². The van der Waals surface area contributed by atoms with Crippen molar-refractivity contribution in [2.75, 3.05) is 0 Å². The Balaban J connectivity index is 1.74. The van der Waals surface area contributed by atoms with Crippen LogP contribution in [0.3, 0.4) is 0 Å². The standard InChI is InChI=1S/C22H16N4/c1-2-8-15(9-3-1)20-14-16-10-4-5-11-17(16)21(20)18-12-6-7-13-19(18)22-23-25-26-24-22/h1-14,21H,(H,23,24,25,26). The molecule has 4 heteroatoms. The van der Waals surface area contributed by atoms with E-state index in [9.17, 15) is 0 Å². The minimum Gasteiger partial charge on any atom is -0.177 e. The first-order chi connectivity index (χ1) is 12.9. The molecule has 1 N–H and O–H groups in total. The van der Waals surface area contributed by atoms with Gasteiger partial charge < -0.3 is 0 Å². The third-order valence-electron chi connectivity index (χ3n) is 4.89. The fourth-order valence-corrected chi connectivity index (χ4v) is 3.77. The minimum atomic E-state index is 0.142. The van der Waals surface area contributed by atoms with Crippen molar-refractivity contribution in [3.05, 3.63) is 101 Å². The van der Waals surface area contributed by atoms with Crippen LogP contribution in [0, 0.1) is 0 Å². The molecule has 0 bridgehead atoms. The average Bonchev–Trinajstić information content (AvgIpc) is 3.36. The van der Waals surface area contributed by atoms with Crippen molar-refractivity contribution < 1.29 is 0 Å². The molecule has 26 heavy (non-hydrogen) atoms.